The standard InChI is InChI=1S/C16H16N2O/c1-17-16-14(12-8-4-2-5-9-12)18-15(19-16)13-10-6-3-7-11-13/h2-4,6-8,10-11,17H,5,9H2,1H3. The number of oxazole rings is 1. The molecule has 0 spiro atoms. The van der Waals surface area contributed by atoms with Crippen LogP contribution in [0, 0.1) is 0 Å². The topological polar surface area (TPSA) is 38.1 Å². The lowest BCUT2D eigenvalue weighted by atomic mass is 10.0. The summed E-state index contributed by atoms with van der Waals surface area (Å²) in [5, 5.41) is 3.09. The summed E-state index contributed by atoms with van der Waals surface area (Å²) in [6.45, 7) is 0. The van der Waals surface area contributed by atoms with Crippen molar-refractivity contribution in [1.29, 1.82) is 0 Å². The van der Waals surface area contributed by atoms with Crippen LogP contribution in [0.5, 0.6) is 0 Å². The predicted molar refractivity (Wildman–Crippen MR) is 77.8 cm³/mol. The van der Waals surface area contributed by atoms with Crippen LogP contribution in [0.25, 0.3) is 17.0 Å². The van der Waals surface area contributed by atoms with E-state index in [1.165, 1.54) is 5.57 Å². The van der Waals surface area contributed by atoms with Gasteiger partial charge in [-0.05, 0) is 30.5 Å². The van der Waals surface area contributed by atoms with Gasteiger partial charge in [-0.3, -0.25) is 0 Å². The maximum atomic E-state index is 5.82. The quantitative estimate of drug-likeness (QED) is 0.893. The fourth-order valence-corrected chi connectivity index (χ4v) is 2.21. The number of nitrogens with one attached hydrogen (secondary N) is 1. The molecular weight excluding hydrogens is 236 g/mol. The Morgan fingerprint density at radius 1 is 1.21 bits per heavy atom. The molecule has 1 aliphatic carbocycles. The van der Waals surface area contributed by atoms with Crippen molar-refractivity contribution in [2.24, 2.45) is 0 Å². The Bertz CT molecular complexity index is 623. The van der Waals surface area contributed by atoms with Gasteiger partial charge in [0, 0.05) is 12.6 Å². The van der Waals surface area contributed by atoms with Crippen LogP contribution >= 0.6 is 0 Å². The minimum absolute atomic E-state index is 0.662. The molecule has 3 rings (SSSR count). The highest BCUT2D eigenvalue weighted by atomic mass is 16.4. The zero-order valence-corrected chi connectivity index (χ0v) is 10.9. The van der Waals surface area contributed by atoms with E-state index in [9.17, 15) is 0 Å². The van der Waals surface area contributed by atoms with Crippen LogP contribution in [0.2, 0.25) is 0 Å². The van der Waals surface area contributed by atoms with E-state index in [4.69, 9.17) is 4.42 Å². The average molecular weight is 252 g/mol. The fourth-order valence-electron chi connectivity index (χ4n) is 2.21. The van der Waals surface area contributed by atoms with Gasteiger partial charge < -0.3 is 9.73 Å². The summed E-state index contributed by atoms with van der Waals surface area (Å²) in [7, 11) is 1.86. The first-order valence-electron chi connectivity index (χ1n) is 6.48. The second kappa shape index (κ2) is 5.14. The van der Waals surface area contributed by atoms with Crippen molar-refractivity contribution in [2.45, 2.75) is 12.8 Å². The van der Waals surface area contributed by atoms with Gasteiger partial charge in [-0.1, -0.05) is 36.4 Å². The summed E-state index contributed by atoms with van der Waals surface area (Å²) in [6, 6.07) is 9.97. The minimum atomic E-state index is 0.662. The zero-order valence-electron chi connectivity index (χ0n) is 10.9. The summed E-state index contributed by atoms with van der Waals surface area (Å²) in [5.74, 6) is 1.40. The van der Waals surface area contributed by atoms with Gasteiger partial charge in [-0.15, -0.1) is 0 Å². The Morgan fingerprint density at radius 3 is 2.74 bits per heavy atom. The normalized spacial score (nSPS) is 14.3. The molecule has 0 fully saturated rings. The van der Waals surface area contributed by atoms with E-state index < -0.39 is 0 Å². The van der Waals surface area contributed by atoms with E-state index in [2.05, 4.69) is 28.5 Å². The van der Waals surface area contributed by atoms with Crippen molar-refractivity contribution >= 4 is 11.5 Å². The van der Waals surface area contributed by atoms with Gasteiger partial charge >= 0.3 is 0 Å². The van der Waals surface area contributed by atoms with E-state index in [1.54, 1.807) is 0 Å². The molecule has 1 aliphatic rings. The fraction of sp³-hybridized carbons (Fsp3) is 0.188. The molecule has 0 unspecified atom stereocenters. The van der Waals surface area contributed by atoms with Gasteiger partial charge in [0.25, 0.3) is 0 Å². The van der Waals surface area contributed by atoms with Gasteiger partial charge in [0.15, 0.2) is 0 Å². The number of hydrogen-bond donors (Lipinski definition) is 1. The number of anilines is 1. The predicted octanol–water partition coefficient (Wildman–Crippen LogP) is 4.12. The van der Waals surface area contributed by atoms with Crippen LogP contribution in [-0.4, -0.2) is 12.0 Å². The van der Waals surface area contributed by atoms with Gasteiger partial charge in [0.1, 0.15) is 5.69 Å². The summed E-state index contributed by atoms with van der Waals surface area (Å²) < 4.78 is 5.82. The van der Waals surface area contributed by atoms with Crippen LogP contribution < -0.4 is 5.32 Å². The second-order valence-corrected chi connectivity index (χ2v) is 4.47. The number of benzene rings is 1. The molecule has 1 aromatic carbocycles. The Hall–Kier alpha value is -2.29. The highest BCUT2D eigenvalue weighted by molar-refractivity contribution is 5.74. The van der Waals surface area contributed by atoms with Gasteiger partial charge in [-0.25, -0.2) is 4.98 Å². The average Bonchev–Trinajstić information content (AvgIpc) is 2.93. The van der Waals surface area contributed by atoms with Crippen LogP contribution in [0.15, 0.2) is 53.0 Å². The van der Waals surface area contributed by atoms with Crippen molar-refractivity contribution in [3.05, 3.63) is 54.3 Å². The Labute approximate surface area is 112 Å². The molecule has 0 saturated heterocycles. The maximum absolute atomic E-state index is 5.82. The van der Waals surface area contributed by atoms with Gasteiger partial charge in [0.2, 0.25) is 11.8 Å². The van der Waals surface area contributed by atoms with Crippen molar-refractivity contribution in [3.63, 3.8) is 0 Å². The molecule has 0 amide bonds. The maximum Gasteiger partial charge on any atom is 0.229 e. The Kier molecular flexibility index (Phi) is 3.19. The molecule has 0 atom stereocenters. The lowest BCUT2D eigenvalue weighted by Crippen LogP contribution is -1.94. The number of nitrogens with zero attached hydrogens (tertiary/aromatic N) is 1. The van der Waals surface area contributed by atoms with Gasteiger partial charge in [0.05, 0.1) is 0 Å². The lowest BCUT2D eigenvalue weighted by molar-refractivity contribution is 0.589. The molecule has 0 aliphatic heterocycles. The summed E-state index contributed by atoms with van der Waals surface area (Å²) in [6.07, 6.45) is 8.42. The molecule has 1 N–H and O–H groups in total. The number of aromatic nitrogens is 1. The second-order valence-electron chi connectivity index (χ2n) is 4.47. The Balaban J connectivity index is 2.04. The largest absolute Gasteiger partial charge is 0.420 e. The summed E-state index contributed by atoms with van der Waals surface area (Å²) >= 11 is 0. The van der Waals surface area contributed by atoms with E-state index in [1.807, 2.05) is 37.4 Å². The lowest BCUT2D eigenvalue weighted by Gasteiger charge is -2.06. The van der Waals surface area contributed by atoms with Crippen molar-refractivity contribution < 1.29 is 4.42 Å². The first-order valence-corrected chi connectivity index (χ1v) is 6.48. The Morgan fingerprint density at radius 2 is 2.05 bits per heavy atom. The molecule has 0 saturated carbocycles. The smallest absolute Gasteiger partial charge is 0.229 e. The summed E-state index contributed by atoms with van der Waals surface area (Å²) in [4.78, 5) is 4.64. The SMILES string of the molecule is CNc1oc(-c2ccccc2)nc1C1=CC=CCC1. The van der Waals surface area contributed by atoms with E-state index >= 15 is 0 Å². The van der Waals surface area contributed by atoms with Crippen LogP contribution in [-0.2, 0) is 0 Å². The number of allylic oxidation sites excluding steroid dienone is 4. The molecule has 96 valence electrons. The molecule has 3 nitrogen and oxygen atoms in total. The third-order valence-electron chi connectivity index (χ3n) is 3.19. The van der Waals surface area contributed by atoms with Crippen molar-refractivity contribution in [1.82, 2.24) is 4.98 Å². The molecule has 2 aromatic rings. The molecular formula is C16H16N2O. The first kappa shape index (κ1) is 11.8. The molecule has 19 heavy (non-hydrogen) atoms. The van der Waals surface area contributed by atoms with Crippen LogP contribution in [0.1, 0.15) is 18.5 Å². The highest BCUT2D eigenvalue weighted by Gasteiger charge is 2.17. The molecule has 1 aromatic heterocycles. The van der Waals surface area contributed by atoms with E-state index in [0.29, 0.717) is 5.89 Å². The molecule has 0 bridgehead atoms. The van der Waals surface area contributed by atoms with Gasteiger partial charge in [-0.2, -0.15) is 0 Å². The van der Waals surface area contributed by atoms with E-state index in [-0.39, 0.29) is 0 Å². The first-order chi connectivity index (χ1) is 9.38. The monoisotopic (exact) mass is 252 g/mol. The number of rotatable bonds is 3. The van der Waals surface area contributed by atoms with Crippen molar-refractivity contribution in [3.8, 4) is 11.5 Å². The number of hydrogen-bond acceptors (Lipinski definition) is 3. The molecule has 1 heterocycles. The third kappa shape index (κ3) is 2.32. The third-order valence-corrected chi connectivity index (χ3v) is 3.19. The van der Waals surface area contributed by atoms with Crippen LogP contribution in [0.4, 0.5) is 5.88 Å². The van der Waals surface area contributed by atoms with Crippen LogP contribution in [0.3, 0.4) is 0 Å². The van der Waals surface area contributed by atoms with Crippen molar-refractivity contribution in [2.75, 3.05) is 12.4 Å². The van der Waals surface area contributed by atoms with E-state index in [0.717, 1.165) is 30.0 Å². The summed E-state index contributed by atoms with van der Waals surface area (Å²) in [5.41, 5.74) is 3.14. The molecule has 3 heteroatoms. The zero-order chi connectivity index (χ0) is 13.1. The highest BCUT2D eigenvalue weighted by Crippen LogP contribution is 2.32. The minimum Gasteiger partial charge on any atom is -0.420 e. The molecule has 0 radical (unpaired) electrons.